The summed E-state index contributed by atoms with van der Waals surface area (Å²) in [6.07, 6.45) is 10.3. The number of likely N-dealkylation sites (N-methyl/N-ethyl adjacent to an activating group) is 1. The lowest BCUT2D eigenvalue weighted by molar-refractivity contribution is -0.384. The van der Waals surface area contributed by atoms with Crippen LogP contribution in [-0.4, -0.2) is 48.7 Å². The molecule has 0 spiro atoms. The van der Waals surface area contributed by atoms with Crippen LogP contribution in [0.25, 0.3) is 0 Å². The molecule has 1 aliphatic rings. The van der Waals surface area contributed by atoms with E-state index in [0.717, 1.165) is 32.4 Å². The van der Waals surface area contributed by atoms with Crippen LogP contribution in [0.1, 0.15) is 29.6 Å². The van der Waals surface area contributed by atoms with Gasteiger partial charge in [-0.3, -0.25) is 24.6 Å². The van der Waals surface area contributed by atoms with Crippen LogP contribution in [0.3, 0.4) is 0 Å². The summed E-state index contributed by atoms with van der Waals surface area (Å²) < 4.78 is 0. The second kappa shape index (κ2) is 12.4. The van der Waals surface area contributed by atoms with Gasteiger partial charge in [0.15, 0.2) is 0 Å². The number of hydrogen-bond donors (Lipinski definition) is 2. The number of rotatable bonds is 9. The Balaban J connectivity index is 0.000000289. The Morgan fingerprint density at radius 3 is 2.59 bits per heavy atom. The van der Waals surface area contributed by atoms with E-state index in [4.69, 9.17) is 5.73 Å². The van der Waals surface area contributed by atoms with E-state index in [1.807, 2.05) is 11.9 Å². The fraction of sp³-hybridized carbons (Fsp3) is 0.368. The van der Waals surface area contributed by atoms with E-state index in [1.165, 1.54) is 30.0 Å². The molecule has 1 amide bonds. The summed E-state index contributed by atoms with van der Waals surface area (Å²) >= 11 is 0. The molecule has 146 valence electrons. The molecule has 1 aromatic rings. The van der Waals surface area contributed by atoms with Gasteiger partial charge in [0.2, 0.25) is 5.91 Å². The summed E-state index contributed by atoms with van der Waals surface area (Å²) in [7, 11) is 1.91. The third-order valence-corrected chi connectivity index (χ3v) is 3.75. The van der Waals surface area contributed by atoms with E-state index >= 15 is 0 Å². The summed E-state index contributed by atoms with van der Waals surface area (Å²) in [4.78, 5) is 32.3. The van der Waals surface area contributed by atoms with E-state index in [-0.39, 0.29) is 11.6 Å². The van der Waals surface area contributed by atoms with Crippen LogP contribution in [0.15, 0.2) is 48.2 Å². The zero-order valence-corrected chi connectivity index (χ0v) is 15.5. The number of nitro benzene ring substituents is 1. The van der Waals surface area contributed by atoms with Crippen molar-refractivity contribution in [2.75, 3.05) is 26.7 Å². The van der Waals surface area contributed by atoms with Crippen molar-refractivity contribution < 1.29 is 14.5 Å². The molecule has 0 aliphatic heterocycles. The number of carbonyl (C=O) groups is 2. The Morgan fingerprint density at radius 2 is 2.07 bits per heavy atom. The average Bonchev–Trinajstić information content (AvgIpc) is 2.66. The lowest BCUT2D eigenvalue weighted by atomic mass is 10.1. The van der Waals surface area contributed by atoms with Gasteiger partial charge in [-0.25, -0.2) is 0 Å². The first-order chi connectivity index (χ1) is 12.9. The Labute approximate surface area is 158 Å². The maximum absolute atomic E-state index is 10.6. The van der Waals surface area contributed by atoms with E-state index in [0.29, 0.717) is 18.4 Å². The largest absolute Gasteiger partial charge is 0.388 e. The van der Waals surface area contributed by atoms with Gasteiger partial charge in [-0.1, -0.05) is 12.2 Å². The smallest absolute Gasteiger partial charge is 0.269 e. The Hall–Kier alpha value is -3.00. The molecule has 0 atom stereocenters. The number of allylic oxidation sites excluding steroid dienone is 4. The number of amides is 1. The number of benzene rings is 1. The SMILES string of the molecule is CN(CCCNC1=CC=CCC1)CC(N)=O.O=Cc1ccc([N+](=O)[O-])cc1. The van der Waals surface area contributed by atoms with Crippen molar-refractivity contribution in [3.05, 3.63) is 63.9 Å². The van der Waals surface area contributed by atoms with Gasteiger partial charge in [0.1, 0.15) is 6.29 Å². The number of primary amides is 1. The van der Waals surface area contributed by atoms with E-state index in [9.17, 15) is 19.7 Å². The van der Waals surface area contributed by atoms with E-state index in [2.05, 4.69) is 23.5 Å². The third-order valence-electron chi connectivity index (χ3n) is 3.75. The highest BCUT2D eigenvalue weighted by atomic mass is 16.6. The molecule has 0 saturated heterocycles. The van der Waals surface area contributed by atoms with Gasteiger partial charge in [-0.15, -0.1) is 0 Å². The molecule has 0 bridgehead atoms. The van der Waals surface area contributed by atoms with Crippen LogP contribution in [-0.2, 0) is 4.79 Å². The molecule has 1 aliphatic carbocycles. The highest BCUT2D eigenvalue weighted by Crippen LogP contribution is 2.10. The lowest BCUT2D eigenvalue weighted by Crippen LogP contribution is -2.32. The summed E-state index contributed by atoms with van der Waals surface area (Å²) in [5.41, 5.74) is 6.84. The Morgan fingerprint density at radius 1 is 1.37 bits per heavy atom. The minimum absolute atomic E-state index is 0.00407. The first-order valence-electron chi connectivity index (χ1n) is 8.68. The highest BCUT2D eigenvalue weighted by Gasteiger charge is 2.03. The first kappa shape index (κ1) is 22.0. The van der Waals surface area contributed by atoms with E-state index in [1.54, 1.807) is 0 Å². The second-order valence-corrected chi connectivity index (χ2v) is 6.11. The van der Waals surface area contributed by atoms with Gasteiger partial charge >= 0.3 is 0 Å². The minimum atomic E-state index is -0.505. The number of non-ortho nitro benzene ring substituents is 1. The predicted octanol–water partition coefficient (Wildman–Crippen LogP) is 2.02. The maximum atomic E-state index is 10.6. The fourth-order valence-electron chi connectivity index (χ4n) is 2.37. The number of nitro groups is 1. The summed E-state index contributed by atoms with van der Waals surface area (Å²) in [5, 5.41) is 13.5. The average molecular weight is 374 g/mol. The Bertz CT molecular complexity index is 683. The van der Waals surface area contributed by atoms with Crippen molar-refractivity contribution in [1.82, 2.24) is 10.2 Å². The zero-order valence-electron chi connectivity index (χ0n) is 15.5. The zero-order chi connectivity index (χ0) is 20.1. The minimum Gasteiger partial charge on any atom is -0.388 e. The summed E-state index contributed by atoms with van der Waals surface area (Å²) in [6.45, 7) is 2.17. The molecule has 0 saturated carbocycles. The van der Waals surface area contributed by atoms with Crippen LogP contribution >= 0.6 is 0 Å². The lowest BCUT2D eigenvalue weighted by Gasteiger charge is -2.16. The molecule has 0 heterocycles. The van der Waals surface area contributed by atoms with Crippen molar-refractivity contribution in [1.29, 1.82) is 0 Å². The van der Waals surface area contributed by atoms with Gasteiger partial charge in [-0.2, -0.15) is 0 Å². The molecule has 27 heavy (non-hydrogen) atoms. The topological polar surface area (TPSA) is 119 Å². The molecule has 0 fully saturated rings. The number of carbonyl (C=O) groups excluding carboxylic acids is 2. The molecule has 8 nitrogen and oxygen atoms in total. The fourth-order valence-corrected chi connectivity index (χ4v) is 2.37. The molecule has 3 N–H and O–H groups in total. The predicted molar refractivity (Wildman–Crippen MR) is 104 cm³/mol. The van der Waals surface area contributed by atoms with E-state index < -0.39 is 4.92 Å². The standard InChI is InChI=1S/C12H21N3O.C7H5NO3/c1-15(10-12(13)16)9-5-8-14-11-6-3-2-4-7-11;9-5-6-1-3-7(4-2-6)8(10)11/h2-3,6,14H,4-5,7-10H2,1H3,(H2,13,16);1-5H. The van der Waals surface area contributed by atoms with Crippen LogP contribution in [0.2, 0.25) is 0 Å². The quantitative estimate of drug-likeness (QED) is 0.295. The van der Waals surface area contributed by atoms with Gasteiger partial charge in [-0.05, 0) is 44.5 Å². The van der Waals surface area contributed by atoms with Gasteiger partial charge in [0.25, 0.3) is 5.69 Å². The highest BCUT2D eigenvalue weighted by molar-refractivity contribution is 5.76. The van der Waals surface area contributed by atoms with Crippen molar-refractivity contribution >= 4 is 17.9 Å². The molecule has 0 radical (unpaired) electrons. The summed E-state index contributed by atoms with van der Waals surface area (Å²) in [5.74, 6) is -0.268. The number of nitrogens with zero attached hydrogens (tertiary/aromatic N) is 2. The third kappa shape index (κ3) is 9.91. The first-order valence-corrected chi connectivity index (χ1v) is 8.68. The number of aldehydes is 1. The van der Waals surface area contributed by atoms with Crippen molar-refractivity contribution in [2.45, 2.75) is 19.3 Å². The number of nitrogens with two attached hydrogens (primary N) is 1. The van der Waals surface area contributed by atoms with Gasteiger partial charge < -0.3 is 11.1 Å². The molecule has 1 aromatic carbocycles. The number of hydrogen-bond acceptors (Lipinski definition) is 6. The van der Waals surface area contributed by atoms with Crippen molar-refractivity contribution in [2.24, 2.45) is 5.73 Å². The molecule has 2 rings (SSSR count). The van der Waals surface area contributed by atoms with Crippen molar-refractivity contribution in [3.8, 4) is 0 Å². The normalized spacial score (nSPS) is 12.6. The molecule has 8 heteroatoms. The molecule has 0 aromatic heterocycles. The van der Waals surface area contributed by atoms with Gasteiger partial charge in [0.05, 0.1) is 11.5 Å². The molecular weight excluding hydrogens is 348 g/mol. The maximum Gasteiger partial charge on any atom is 0.269 e. The van der Waals surface area contributed by atoms with Crippen LogP contribution in [0.5, 0.6) is 0 Å². The molecular formula is C19H26N4O4. The monoisotopic (exact) mass is 374 g/mol. The Kier molecular flexibility index (Phi) is 10.1. The van der Waals surface area contributed by atoms with Crippen LogP contribution < -0.4 is 11.1 Å². The van der Waals surface area contributed by atoms with Crippen molar-refractivity contribution in [3.63, 3.8) is 0 Å². The van der Waals surface area contributed by atoms with Gasteiger partial charge in [0, 0.05) is 36.5 Å². The second-order valence-electron chi connectivity index (χ2n) is 6.11. The summed E-state index contributed by atoms with van der Waals surface area (Å²) in [6, 6.07) is 5.41. The molecule has 0 unspecified atom stereocenters. The van der Waals surface area contributed by atoms with Crippen LogP contribution in [0, 0.1) is 10.1 Å². The number of nitrogens with one attached hydrogen (secondary N) is 1. The van der Waals surface area contributed by atoms with Crippen LogP contribution in [0.4, 0.5) is 5.69 Å².